The van der Waals surface area contributed by atoms with Gasteiger partial charge in [0.15, 0.2) is 0 Å². The molecule has 0 unspecified atom stereocenters. The molecular formula is C20H28N2O4. The van der Waals surface area contributed by atoms with Gasteiger partial charge in [-0.2, -0.15) is 0 Å². The average Bonchev–Trinajstić information content (AvgIpc) is 2.86. The van der Waals surface area contributed by atoms with E-state index in [0.29, 0.717) is 48.9 Å². The number of rotatable bonds is 10. The zero-order valence-corrected chi connectivity index (χ0v) is 15.8. The lowest BCUT2D eigenvalue weighted by molar-refractivity contribution is 0.0652. The first kappa shape index (κ1) is 20.1. The summed E-state index contributed by atoms with van der Waals surface area (Å²) in [6.45, 7) is 8.42. The fraction of sp³-hybridized carbons (Fsp3) is 0.550. The van der Waals surface area contributed by atoms with E-state index in [-0.39, 0.29) is 17.7 Å². The number of unbranched alkanes of at least 4 members (excludes halogenated alkanes) is 1. The molecule has 1 aromatic carbocycles. The SMILES string of the molecule is CCCCN1C(=O)c2ccc(C(=O)NCCCOCC(C)C)cc2C1=O. The van der Waals surface area contributed by atoms with Gasteiger partial charge in [-0.25, -0.2) is 0 Å². The first-order valence-corrected chi connectivity index (χ1v) is 9.31. The smallest absolute Gasteiger partial charge is 0.261 e. The van der Waals surface area contributed by atoms with Crippen molar-refractivity contribution in [2.45, 2.75) is 40.0 Å². The van der Waals surface area contributed by atoms with Crippen LogP contribution >= 0.6 is 0 Å². The molecule has 2 rings (SSSR count). The van der Waals surface area contributed by atoms with Crippen LogP contribution in [0.3, 0.4) is 0 Å². The van der Waals surface area contributed by atoms with Crippen molar-refractivity contribution in [3.05, 3.63) is 34.9 Å². The van der Waals surface area contributed by atoms with Gasteiger partial charge in [-0.05, 0) is 37.0 Å². The Morgan fingerprint density at radius 2 is 1.88 bits per heavy atom. The van der Waals surface area contributed by atoms with Crippen molar-refractivity contribution in [3.8, 4) is 0 Å². The number of carbonyl (C=O) groups excluding carboxylic acids is 3. The number of carbonyl (C=O) groups is 3. The van der Waals surface area contributed by atoms with Gasteiger partial charge in [-0.15, -0.1) is 0 Å². The molecule has 0 saturated heterocycles. The third-order valence-corrected chi connectivity index (χ3v) is 4.17. The molecule has 1 aromatic rings. The molecular weight excluding hydrogens is 332 g/mol. The largest absolute Gasteiger partial charge is 0.381 e. The van der Waals surface area contributed by atoms with E-state index in [1.807, 2.05) is 6.92 Å². The Morgan fingerprint density at radius 1 is 1.15 bits per heavy atom. The number of amides is 3. The van der Waals surface area contributed by atoms with Crippen molar-refractivity contribution in [2.24, 2.45) is 5.92 Å². The lowest BCUT2D eigenvalue weighted by Crippen LogP contribution is -2.30. The maximum atomic E-state index is 12.4. The summed E-state index contributed by atoms with van der Waals surface area (Å²) in [4.78, 5) is 38.3. The van der Waals surface area contributed by atoms with Crippen LogP contribution in [-0.4, -0.2) is 48.9 Å². The highest BCUT2D eigenvalue weighted by atomic mass is 16.5. The zero-order chi connectivity index (χ0) is 19.1. The molecule has 6 heteroatoms. The van der Waals surface area contributed by atoms with Crippen LogP contribution in [0.15, 0.2) is 18.2 Å². The van der Waals surface area contributed by atoms with Crippen molar-refractivity contribution in [2.75, 3.05) is 26.3 Å². The molecule has 26 heavy (non-hydrogen) atoms. The summed E-state index contributed by atoms with van der Waals surface area (Å²) < 4.78 is 5.47. The highest BCUT2D eigenvalue weighted by Crippen LogP contribution is 2.24. The fourth-order valence-electron chi connectivity index (χ4n) is 2.75. The van der Waals surface area contributed by atoms with E-state index >= 15 is 0 Å². The van der Waals surface area contributed by atoms with Gasteiger partial charge in [0.1, 0.15) is 0 Å². The minimum absolute atomic E-state index is 0.246. The molecule has 0 bridgehead atoms. The Balaban J connectivity index is 1.91. The van der Waals surface area contributed by atoms with Crippen molar-refractivity contribution < 1.29 is 19.1 Å². The highest BCUT2D eigenvalue weighted by Gasteiger charge is 2.35. The van der Waals surface area contributed by atoms with E-state index < -0.39 is 0 Å². The molecule has 0 radical (unpaired) electrons. The van der Waals surface area contributed by atoms with Gasteiger partial charge < -0.3 is 10.1 Å². The first-order chi connectivity index (χ1) is 12.5. The number of hydrogen-bond acceptors (Lipinski definition) is 4. The highest BCUT2D eigenvalue weighted by molar-refractivity contribution is 6.22. The molecule has 1 aliphatic heterocycles. The number of imide groups is 1. The van der Waals surface area contributed by atoms with E-state index in [9.17, 15) is 14.4 Å². The van der Waals surface area contributed by atoms with Crippen molar-refractivity contribution in [1.29, 1.82) is 0 Å². The summed E-state index contributed by atoms with van der Waals surface area (Å²) in [6, 6.07) is 4.69. The third kappa shape index (κ3) is 4.91. The average molecular weight is 360 g/mol. The summed E-state index contributed by atoms with van der Waals surface area (Å²) in [5, 5.41) is 2.82. The monoisotopic (exact) mass is 360 g/mol. The summed E-state index contributed by atoms with van der Waals surface area (Å²) in [6.07, 6.45) is 2.41. The number of ether oxygens (including phenoxy) is 1. The van der Waals surface area contributed by atoms with Crippen LogP contribution < -0.4 is 5.32 Å². The molecule has 3 amide bonds. The molecule has 1 heterocycles. The van der Waals surface area contributed by atoms with Gasteiger partial charge >= 0.3 is 0 Å². The molecule has 1 aliphatic rings. The van der Waals surface area contributed by atoms with Gasteiger partial charge in [0.25, 0.3) is 17.7 Å². The van der Waals surface area contributed by atoms with Crippen molar-refractivity contribution in [3.63, 3.8) is 0 Å². The molecule has 0 saturated carbocycles. The summed E-state index contributed by atoms with van der Waals surface area (Å²) in [5.41, 5.74) is 1.09. The van der Waals surface area contributed by atoms with Crippen molar-refractivity contribution >= 4 is 17.7 Å². The molecule has 6 nitrogen and oxygen atoms in total. The zero-order valence-electron chi connectivity index (χ0n) is 15.8. The molecule has 1 N–H and O–H groups in total. The van der Waals surface area contributed by atoms with Gasteiger partial charge in [0.2, 0.25) is 0 Å². The topological polar surface area (TPSA) is 75.7 Å². The standard InChI is InChI=1S/C20H28N2O4/c1-4-5-10-22-19(24)16-8-7-15(12-17(16)20(22)25)18(23)21-9-6-11-26-13-14(2)3/h7-8,12,14H,4-6,9-11,13H2,1-3H3,(H,21,23). The predicted molar refractivity (Wildman–Crippen MR) is 99.3 cm³/mol. The maximum Gasteiger partial charge on any atom is 0.261 e. The fourth-order valence-corrected chi connectivity index (χ4v) is 2.75. The number of fused-ring (bicyclic) bond motifs is 1. The van der Waals surface area contributed by atoms with E-state index in [0.717, 1.165) is 19.3 Å². The summed E-state index contributed by atoms with van der Waals surface area (Å²) in [7, 11) is 0. The molecule has 0 spiro atoms. The number of benzene rings is 1. The van der Waals surface area contributed by atoms with Crippen LogP contribution in [0, 0.1) is 5.92 Å². The lowest BCUT2D eigenvalue weighted by Gasteiger charge is -2.12. The summed E-state index contributed by atoms with van der Waals surface area (Å²) in [5.74, 6) is -0.333. The van der Waals surface area contributed by atoms with Crippen LogP contribution in [0.2, 0.25) is 0 Å². The van der Waals surface area contributed by atoms with Gasteiger partial charge in [-0.3, -0.25) is 19.3 Å². The Morgan fingerprint density at radius 3 is 2.58 bits per heavy atom. The van der Waals surface area contributed by atoms with E-state index in [1.54, 1.807) is 12.1 Å². The van der Waals surface area contributed by atoms with Gasteiger partial charge in [0, 0.05) is 31.9 Å². The normalized spacial score (nSPS) is 13.5. The molecule has 0 atom stereocenters. The molecule has 0 aromatic heterocycles. The van der Waals surface area contributed by atoms with E-state index in [2.05, 4.69) is 19.2 Å². The Hall–Kier alpha value is -2.21. The van der Waals surface area contributed by atoms with Crippen LogP contribution in [0.25, 0.3) is 0 Å². The first-order valence-electron chi connectivity index (χ1n) is 9.31. The van der Waals surface area contributed by atoms with E-state index in [4.69, 9.17) is 4.74 Å². The lowest BCUT2D eigenvalue weighted by atomic mass is 10.1. The van der Waals surface area contributed by atoms with E-state index in [1.165, 1.54) is 11.0 Å². The molecule has 142 valence electrons. The predicted octanol–water partition coefficient (Wildman–Crippen LogP) is 2.88. The number of nitrogens with zero attached hydrogens (tertiary/aromatic N) is 1. The van der Waals surface area contributed by atoms with Crippen LogP contribution in [0.1, 0.15) is 71.1 Å². The van der Waals surface area contributed by atoms with Gasteiger partial charge in [0.05, 0.1) is 11.1 Å². The van der Waals surface area contributed by atoms with Crippen molar-refractivity contribution in [1.82, 2.24) is 10.2 Å². The quantitative estimate of drug-likeness (QED) is 0.514. The number of hydrogen-bond donors (Lipinski definition) is 1. The summed E-state index contributed by atoms with van der Waals surface area (Å²) >= 11 is 0. The Kier molecular flexibility index (Phi) is 7.33. The maximum absolute atomic E-state index is 12.4. The van der Waals surface area contributed by atoms with Crippen LogP contribution in [-0.2, 0) is 4.74 Å². The second-order valence-electron chi connectivity index (χ2n) is 6.95. The molecule has 0 aliphatic carbocycles. The Labute approximate surface area is 154 Å². The Bertz CT molecular complexity index is 670. The third-order valence-electron chi connectivity index (χ3n) is 4.17. The van der Waals surface area contributed by atoms with Crippen LogP contribution in [0.4, 0.5) is 0 Å². The minimum Gasteiger partial charge on any atom is -0.381 e. The second-order valence-corrected chi connectivity index (χ2v) is 6.95. The van der Waals surface area contributed by atoms with Gasteiger partial charge in [-0.1, -0.05) is 27.2 Å². The van der Waals surface area contributed by atoms with Crippen LogP contribution in [0.5, 0.6) is 0 Å². The minimum atomic E-state index is -0.310. The molecule has 0 fully saturated rings. The number of nitrogens with one attached hydrogen (secondary N) is 1. The second kappa shape index (κ2) is 9.48.